The van der Waals surface area contributed by atoms with E-state index >= 15 is 0 Å². The Morgan fingerprint density at radius 1 is 1.56 bits per heavy atom. The van der Waals surface area contributed by atoms with Gasteiger partial charge in [0.1, 0.15) is 0 Å². The van der Waals surface area contributed by atoms with Gasteiger partial charge in [0.25, 0.3) is 0 Å². The van der Waals surface area contributed by atoms with Gasteiger partial charge in [0.05, 0.1) is 6.20 Å². The number of hydrogen-bond donors (Lipinski definition) is 1. The third kappa shape index (κ3) is 2.95. The van der Waals surface area contributed by atoms with Gasteiger partial charge in [-0.05, 0) is 38.6 Å². The van der Waals surface area contributed by atoms with Crippen LogP contribution < -0.4 is 5.32 Å². The SMILES string of the molecule is CC(NCC1CC=CCC1)c1cnn(C)c1. The average molecular weight is 219 g/mol. The second kappa shape index (κ2) is 5.30. The fourth-order valence-electron chi connectivity index (χ4n) is 2.17. The lowest BCUT2D eigenvalue weighted by Crippen LogP contribution is -2.26. The lowest BCUT2D eigenvalue weighted by molar-refractivity contribution is 0.415. The van der Waals surface area contributed by atoms with Crippen molar-refractivity contribution in [2.24, 2.45) is 13.0 Å². The Labute approximate surface area is 97.5 Å². The summed E-state index contributed by atoms with van der Waals surface area (Å²) in [7, 11) is 1.96. The zero-order chi connectivity index (χ0) is 11.4. The highest BCUT2D eigenvalue weighted by atomic mass is 15.2. The molecule has 0 radical (unpaired) electrons. The van der Waals surface area contributed by atoms with E-state index in [-0.39, 0.29) is 0 Å². The fraction of sp³-hybridized carbons (Fsp3) is 0.615. The molecule has 0 saturated carbocycles. The topological polar surface area (TPSA) is 29.9 Å². The van der Waals surface area contributed by atoms with E-state index in [1.165, 1.54) is 24.8 Å². The molecule has 3 nitrogen and oxygen atoms in total. The van der Waals surface area contributed by atoms with Crippen LogP contribution in [0.3, 0.4) is 0 Å². The van der Waals surface area contributed by atoms with Crippen molar-refractivity contribution >= 4 is 0 Å². The first-order valence-electron chi connectivity index (χ1n) is 6.12. The lowest BCUT2D eigenvalue weighted by atomic mass is 9.94. The summed E-state index contributed by atoms with van der Waals surface area (Å²) >= 11 is 0. The van der Waals surface area contributed by atoms with E-state index in [0.717, 1.165) is 12.5 Å². The Morgan fingerprint density at radius 2 is 2.44 bits per heavy atom. The smallest absolute Gasteiger partial charge is 0.0537 e. The summed E-state index contributed by atoms with van der Waals surface area (Å²) in [6, 6.07) is 0.402. The van der Waals surface area contributed by atoms with Crippen LogP contribution in [-0.4, -0.2) is 16.3 Å². The fourth-order valence-corrected chi connectivity index (χ4v) is 2.17. The van der Waals surface area contributed by atoms with Gasteiger partial charge in [-0.25, -0.2) is 0 Å². The van der Waals surface area contributed by atoms with Gasteiger partial charge in [0.15, 0.2) is 0 Å². The molecule has 1 aromatic heterocycles. The molecule has 1 heterocycles. The van der Waals surface area contributed by atoms with E-state index in [0.29, 0.717) is 6.04 Å². The predicted molar refractivity (Wildman–Crippen MR) is 66.1 cm³/mol. The molecule has 2 atom stereocenters. The normalized spacial score (nSPS) is 22.2. The highest BCUT2D eigenvalue weighted by Crippen LogP contribution is 2.18. The predicted octanol–water partition coefficient (Wildman–Crippen LogP) is 2.43. The molecule has 16 heavy (non-hydrogen) atoms. The third-order valence-corrected chi connectivity index (χ3v) is 3.32. The van der Waals surface area contributed by atoms with Crippen LogP contribution in [-0.2, 0) is 7.05 Å². The molecule has 1 aliphatic carbocycles. The largest absolute Gasteiger partial charge is 0.310 e. The van der Waals surface area contributed by atoms with E-state index in [4.69, 9.17) is 0 Å². The van der Waals surface area contributed by atoms with Crippen molar-refractivity contribution in [3.05, 3.63) is 30.1 Å². The van der Waals surface area contributed by atoms with Gasteiger partial charge in [-0.15, -0.1) is 0 Å². The minimum Gasteiger partial charge on any atom is -0.310 e. The Kier molecular flexibility index (Phi) is 3.78. The monoisotopic (exact) mass is 219 g/mol. The van der Waals surface area contributed by atoms with Crippen LogP contribution >= 0.6 is 0 Å². The molecule has 0 fully saturated rings. The molecule has 0 aromatic carbocycles. The lowest BCUT2D eigenvalue weighted by Gasteiger charge is -2.20. The highest BCUT2D eigenvalue weighted by molar-refractivity contribution is 5.08. The first kappa shape index (κ1) is 11.4. The molecule has 2 unspecified atom stereocenters. The van der Waals surface area contributed by atoms with Crippen molar-refractivity contribution in [2.45, 2.75) is 32.2 Å². The van der Waals surface area contributed by atoms with Crippen LogP contribution in [0.25, 0.3) is 0 Å². The molecule has 0 saturated heterocycles. The second-order valence-electron chi connectivity index (χ2n) is 4.73. The Bertz CT molecular complexity index is 354. The van der Waals surface area contributed by atoms with Crippen molar-refractivity contribution in [3.8, 4) is 0 Å². The maximum Gasteiger partial charge on any atom is 0.0537 e. The first-order chi connectivity index (χ1) is 7.75. The van der Waals surface area contributed by atoms with Crippen molar-refractivity contribution in [3.63, 3.8) is 0 Å². The van der Waals surface area contributed by atoms with E-state index < -0.39 is 0 Å². The number of aryl methyl sites for hydroxylation is 1. The van der Waals surface area contributed by atoms with Crippen molar-refractivity contribution in [1.82, 2.24) is 15.1 Å². The van der Waals surface area contributed by atoms with E-state index in [1.807, 2.05) is 17.9 Å². The van der Waals surface area contributed by atoms with Crippen LogP contribution in [0.1, 0.15) is 37.8 Å². The average Bonchev–Trinajstić information content (AvgIpc) is 2.74. The minimum atomic E-state index is 0.402. The molecular weight excluding hydrogens is 198 g/mol. The summed E-state index contributed by atoms with van der Waals surface area (Å²) in [6.45, 7) is 3.32. The van der Waals surface area contributed by atoms with Gasteiger partial charge in [0, 0.05) is 24.8 Å². The van der Waals surface area contributed by atoms with Gasteiger partial charge in [-0.2, -0.15) is 5.10 Å². The number of nitrogens with one attached hydrogen (secondary N) is 1. The third-order valence-electron chi connectivity index (χ3n) is 3.32. The maximum absolute atomic E-state index is 4.20. The Hall–Kier alpha value is -1.09. The van der Waals surface area contributed by atoms with Crippen molar-refractivity contribution < 1.29 is 0 Å². The summed E-state index contributed by atoms with van der Waals surface area (Å²) in [5.41, 5.74) is 1.27. The highest BCUT2D eigenvalue weighted by Gasteiger charge is 2.12. The molecule has 0 amide bonds. The zero-order valence-electron chi connectivity index (χ0n) is 10.2. The molecule has 88 valence electrons. The molecule has 1 aromatic rings. The number of aromatic nitrogens is 2. The van der Waals surface area contributed by atoms with E-state index in [1.54, 1.807) is 0 Å². The molecule has 1 N–H and O–H groups in total. The summed E-state index contributed by atoms with van der Waals surface area (Å²) in [5.74, 6) is 0.809. The summed E-state index contributed by atoms with van der Waals surface area (Å²) < 4.78 is 1.86. The van der Waals surface area contributed by atoms with E-state index in [9.17, 15) is 0 Å². The minimum absolute atomic E-state index is 0.402. The maximum atomic E-state index is 4.20. The van der Waals surface area contributed by atoms with Crippen LogP contribution in [0, 0.1) is 5.92 Å². The van der Waals surface area contributed by atoms with Gasteiger partial charge >= 0.3 is 0 Å². The number of allylic oxidation sites excluding steroid dienone is 2. The number of hydrogen-bond acceptors (Lipinski definition) is 2. The summed E-state index contributed by atoms with van der Waals surface area (Å²) in [4.78, 5) is 0. The molecule has 0 spiro atoms. The van der Waals surface area contributed by atoms with Crippen molar-refractivity contribution in [1.29, 1.82) is 0 Å². The zero-order valence-corrected chi connectivity index (χ0v) is 10.2. The second-order valence-corrected chi connectivity index (χ2v) is 4.73. The van der Waals surface area contributed by atoms with Crippen LogP contribution in [0.15, 0.2) is 24.5 Å². The van der Waals surface area contributed by atoms with Gasteiger partial charge < -0.3 is 5.32 Å². The first-order valence-corrected chi connectivity index (χ1v) is 6.12. The van der Waals surface area contributed by atoms with Crippen LogP contribution in [0.2, 0.25) is 0 Å². The number of nitrogens with zero attached hydrogens (tertiary/aromatic N) is 2. The Balaban J connectivity index is 1.79. The standard InChI is InChI=1S/C13H21N3/c1-11(13-9-15-16(2)10-13)14-8-12-6-4-3-5-7-12/h3-4,9-12,14H,5-8H2,1-2H3. The molecule has 1 aliphatic rings. The van der Waals surface area contributed by atoms with Crippen LogP contribution in [0.5, 0.6) is 0 Å². The van der Waals surface area contributed by atoms with Gasteiger partial charge in [-0.3, -0.25) is 4.68 Å². The molecular formula is C13H21N3. The summed E-state index contributed by atoms with van der Waals surface area (Å²) in [5, 5.41) is 7.79. The quantitative estimate of drug-likeness (QED) is 0.788. The van der Waals surface area contributed by atoms with Gasteiger partial charge in [0.2, 0.25) is 0 Å². The molecule has 0 aliphatic heterocycles. The molecule has 2 rings (SSSR count). The van der Waals surface area contributed by atoms with E-state index in [2.05, 4.69) is 35.7 Å². The molecule has 3 heteroatoms. The van der Waals surface area contributed by atoms with Crippen molar-refractivity contribution in [2.75, 3.05) is 6.54 Å². The van der Waals surface area contributed by atoms with Gasteiger partial charge in [-0.1, -0.05) is 12.2 Å². The molecule has 0 bridgehead atoms. The Morgan fingerprint density at radius 3 is 3.06 bits per heavy atom. The van der Waals surface area contributed by atoms with Crippen LogP contribution in [0.4, 0.5) is 0 Å². The number of rotatable bonds is 4. The summed E-state index contributed by atoms with van der Waals surface area (Å²) in [6.07, 6.45) is 12.4.